The quantitative estimate of drug-likeness (QED) is 0.0125. The molecule has 1 atom stereocenters. The van der Waals surface area contributed by atoms with Gasteiger partial charge in [-0.25, -0.2) is 22.4 Å². The van der Waals surface area contributed by atoms with Crippen LogP contribution in [0.1, 0.15) is 97.1 Å². The van der Waals surface area contributed by atoms with Crippen molar-refractivity contribution >= 4 is 69.4 Å². The van der Waals surface area contributed by atoms with Gasteiger partial charge in [-0.3, -0.25) is 19.2 Å². The molecule has 0 unspecified atom stereocenters. The van der Waals surface area contributed by atoms with E-state index >= 15 is 8.78 Å². The molecule has 90 heavy (non-hydrogen) atoms. The molecule has 0 spiro atoms. The van der Waals surface area contributed by atoms with E-state index in [-0.39, 0.29) is 68.8 Å². The van der Waals surface area contributed by atoms with Gasteiger partial charge in [0.2, 0.25) is 0 Å². The highest BCUT2D eigenvalue weighted by Gasteiger charge is 2.24. The van der Waals surface area contributed by atoms with Gasteiger partial charge in [0.25, 0.3) is 17.7 Å². The van der Waals surface area contributed by atoms with E-state index in [1.165, 1.54) is 24.3 Å². The van der Waals surface area contributed by atoms with Crippen LogP contribution in [0.2, 0.25) is 0 Å². The smallest absolute Gasteiger partial charge is 0.407 e. The number of alkyl carbamates (subject to hydrolysis) is 1. The van der Waals surface area contributed by atoms with Crippen molar-refractivity contribution in [3.63, 3.8) is 0 Å². The Bertz CT molecular complexity index is 3630. The Hall–Kier alpha value is -10.7. The van der Waals surface area contributed by atoms with Gasteiger partial charge < -0.3 is 45.6 Å². The molecule has 0 saturated heterocycles. The fourth-order valence-corrected chi connectivity index (χ4v) is 7.90. The van der Waals surface area contributed by atoms with E-state index < -0.39 is 82.6 Å². The first-order chi connectivity index (χ1) is 41.9. The number of rotatable bonds is 24. The molecule has 0 aliphatic carbocycles. The number of nitrogens with zero attached hydrogens (tertiary/aromatic N) is 9. The molecule has 7 aromatic rings. The van der Waals surface area contributed by atoms with Crippen LogP contribution < -0.4 is 35.8 Å². The topological polar surface area (TPSA) is 277 Å². The molecular formula is C65H73F4N13O8. The summed E-state index contributed by atoms with van der Waals surface area (Å²) in [5.41, 5.74) is 13.8. The number of hydrogen-bond donors (Lipinski definition) is 5. The number of hydrogen-bond acceptors (Lipinski definition) is 15. The van der Waals surface area contributed by atoms with Crippen molar-refractivity contribution in [3.05, 3.63) is 207 Å². The average molecular weight is 1240 g/mol. The predicted molar refractivity (Wildman–Crippen MR) is 338 cm³/mol. The van der Waals surface area contributed by atoms with Gasteiger partial charge in [0.15, 0.2) is 40.6 Å². The first kappa shape index (κ1) is 71.8. The highest BCUT2D eigenvalue weighted by Crippen LogP contribution is 2.27. The molecular weight excluding hydrogens is 1170 g/mol. The number of phenols is 1. The summed E-state index contributed by atoms with van der Waals surface area (Å²) in [6, 6.07) is 36.4. The second-order valence-corrected chi connectivity index (χ2v) is 20.9. The normalized spacial score (nSPS) is 11.1. The van der Waals surface area contributed by atoms with Gasteiger partial charge >= 0.3 is 6.09 Å². The molecule has 5 N–H and O–H groups in total. The maximum Gasteiger partial charge on any atom is 0.407 e. The van der Waals surface area contributed by atoms with Crippen LogP contribution in [0.5, 0.6) is 11.5 Å². The van der Waals surface area contributed by atoms with Crippen LogP contribution in [0.3, 0.4) is 0 Å². The Kier molecular flexibility index (Phi) is 27.6. The van der Waals surface area contributed by atoms with Gasteiger partial charge in [-0.15, -0.1) is 0 Å². The average Bonchev–Trinajstić information content (AvgIpc) is 2.44. The summed E-state index contributed by atoms with van der Waals surface area (Å²) in [4.78, 5) is 70.1. The fraction of sp³-hybridized carbons (Fsp3) is 0.277. The minimum atomic E-state index is -1.14. The number of azo groups is 2. The summed E-state index contributed by atoms with van der Waals surface area (Å²) in [6.45, 7) is 4.32. The molecule has 0 heterocycles. The molecule has 7 aromatic carbocycles. The number of ketones is 1. The van der Waals surface area contributed by atoms with Crippen LogP contribution in [-0.2, 0) is 22.6 Å². The van der Waals surface area contributed by atoms with Crippen molar-refractivity contribution in [2.24, 2.45) is 25.6 Å². The Labute approximate surface area is 519 Å². The van der Waals surface area contributed by atoms with Crippen LogP contribution in [0, 0.1) is 23.3 Å². The number of benzene rings is 7. The first-order valence-electron chi connectivity index (χ1n) is 27.3. The van der Waals surface area contributed by atoms with Crippen LogP contribution in [0.25, 0.3) is 10.4 Å². The Balaban J connectivity index is 0.000000454. The van der Waals surface area contributed by atoms with Gasteiger partial charge in [0, 0.05) is 86.5 Å². The summed E-state index contributed by atoms with van der Waals surface area (Å²) >= 11 is 0. The second kappa shape index (κ2) is 34.6. The number of phenolic OH excluding ortho intramolecular Hbond substituents is 1. The summed E-state index contributed by atoms with van der Waals surface area (Å²) in [5, 5.41) is 39.7. The number of Topliss-reactive ketones (excluding diaryl/α,β-unsaturated/α-hetero) is 1. The largest absolute Gasteiger partial charge is 0.503 e. The number of amides is 4. The van der Waals surface area contributed by atoms with Crippen LogP contribution in [-0.4, -0.2) is 87.7 Å². The number of aromatic hydroxyl groups is 1. The van der Waals surface area contributed by atoms with E-state index in [2.05, 4.69) is 51.8 Å². The van der Waals surface area contributed by atoms with E-state index in [0.717, 1.165) is 35.6 Å². The van der Waals surface area contributed by atoms with Crippen LogP contribution in [0.4, 0.5) is 62.2 Å². The molecule has 21 nitrogen and oxygen atoms in total. The zero-order valence-corrected chi connectivity index (χ0v) is 49.2. The first-order valence-corrected chi connectivity index (χ1v) is 27.3. The Morgan fingerprint density at radius 2 is 1.00 bits per heavy atom. The third-order valence-corrected chi connectivity index (χ3v) is 12.5. The van der Waals surface area contributed by atoms with Gasteiger partial charge in [0.1, 0.15) is 12.2 Å². The molecule has 0 bridgehead atoms. The minimum Gasteiger partial charge on any atom is -0.503 e. The summed E-state index contributed by atoms with van der Waals surface area (Å²) < 4.78 is 67.5. The molecule has 7 rings (SSSR count). The zero-order valence-electron chi connectivity index (χ0n) is 49.2. The van der Waals surface area contributed by atoms with Crippen molar-refractivity contribution in [2.75, 3.05) is 51.1 Å². The third-order valence-electron chi connectivity index (χ3n) is 12.5. The van der Waals surface area contributed by atoms with Crippen molar-refractivity contribution < 1.29 is 56.1 Å². The predicted octanol–water partition coefficient (Wildman–Crippen LogP) is 15.1. The van der Waals surface area contributed by atoms with Gasteiger partial charge in [-0.1, -0.05) is 32.1 Å². The molecule has 0 aromatic heterocycles. The fourth-order valence-electron chi connectivity index (χ4n) is 7.90. The van der Waals surface area contributed by atoms with E-state index in [1.54, 1.807) is 69.3 Å². The summed E-state index contributed by atoms with van der Waals surface area (Å²) in [6.07, 6.45) is 0.266. The number of nitrogens with one attached hydrogen (secondary N) is 4. The maximum atomic E-state index is 15.1. The summed E-state index contributed by atoms with van der Waals surface area (Å²) in [7, 11) is 7.78. The van der Waals surface area contributed by atoms with E-state index in [1.807, 2.05) is 86.5 Å². The van der Waals surface area contributed by atoms with Crippen LogP contribution in [0.15, 0.2) is 171 Å². The van der Waals surface area contributed by atoms with Crippen molar-refractivity contribution in [3.8, 4) is 11.5 Å². The molecule has 0 aliphatic rings. The molecule has 25 heteroatoms. The standard InChI is InChI=1S/C41H45F2N9O6.C22H20F2N4O2.2CH4/c1-41(2,3)58-40(56)45-20-7-6-11-35(47-39(55)28-9-8-10-31(23-28)50-51-44)36(53)25-57-37-33(42)21-26(22-34(37)43)24-46-38(54)27-12-14-29(15-13-27)48-49-30-16-18-32(19-17-30)52(4)5;1-28(2)18-9-7-17(8-10-18)27-26-16-5-3-15(4-6-16)22(30)25-13-14-11-19(23)21(29)20(24)12-14;;/h8-10,12-19,21-23,35H,6-7,11,20,24-25H2,1-5H3,(H,45,56)(H,46,54)(H,47,55);3-12,29H,13H2,1-2H3,(H,25,30);2*1H4/t35-;;;/m0.../s1. The highest BCUT2D eigenvalue weighted by molar-refractivity contribution is 5.99. The van der Waals surface area contributed by atoms with Crippen LogP contribution >= 0.6 is 0 Å². The van der Waals surface area contributed by atoms with Gasteiger partial charge in [-0.05, 0) is 190 Å². The lowest BCUT2D eigenvalue weighted by atomic mass is 10.0. The van der Waals surface area contributed by atoms with Crippen molar-refractivity contribution in [2.45, 2.75) is 79.6 Å². The highest BCUT2D eigenvalue weighted by atomic mass is 19.1. The van der Waals surface area contributed by atoms with Crippen molar-refractivity contribution in [1.82, 2.24) is 21.3 Å². The molecule has 0 fully saturated rings. The molecule has 0 radical (unpaired) electrons. The monoisotopic (exact) mass is 1240 g/mol. The maximum absolute atomic E-state index is 15.1. The molecule has 0 saturated carbocycles. The number of halogens is 4. The van der Waals surface area contributed by atoms with Crippen molar-refractivity contribution in [1.29, 1.82) is 0 Å². The molecule has 474 valence electrons. The SMILES string of the molecule is C.C.CN(C)c1ccc(N=Nc2ccc(C(=O)NCc3cc(F)c(O)c(F)c3)cc2)cc1.CN(C)c1ccc(N=Nc2ccc(C(=O)NCc3cc(F)c(OCC(=O)[C@H](CCCCNC(=O)OC(C)(C)C)NC(=O)c4cccc(N=[N+]=[N-])c4)c(F)c3)cc2)cc1. The lowest BCUT2D eigenvalue weighted by Crippen LogP contribution is -2.43. The number of anilines is 2. The molecule has 4 amide bonds. The Morgan fingerprint density at radius 3 is 1.42 bits per heavy atom. The van der Waals surface area contributed by atoms with Gasteiger partial charge in [0.05, 0.1) is 28.8 Å². The number of azide groups is 1. The summed E-state index contributed by atoms with van der Waals surface area (Å²) in [5.74, 6) is -8.46. The van der Waals surface area contributed by atoms with E-state index in [0.29, 0.717) is 41.2 Å². The number of carbonyl (C=O) groups excluding carboxylic acids is 5. The number of carbonyl (C=O) groups is 5. The lowest BCUT2D eigenvalue weighted by molar-refractivity contribution is -0.123. The van der Waals surface area contributed by atoms with Gasteiger partial charge in [-0.2, -0.15) is 20.5 Å². The van der Waals surface area contributed by atoms with E-state index in [4.69, 9.17) is 20.1 Å². The number of ether oxygens (including phenoxy) is 2. The number of unbranched alkanes of at least 4 members (excludes halogenated alkanes) is 1. The molecule has 0 aliphatic heterocycles. The Morgan fingerprint density at radius 1 is 0.567 bits per heavy atom. The minimum absolute atomic E-state index is 0. The lowest BCUT2D eigenvalue weighted by Gasteiger charge is -2.20. The van der Waals surface area contributed by atoms with E-state index in [9.17, 15) is 32.8 Å². The second-order valence-electron chi connectivity index (χ2n) is 20.9. The third kappa shape index (κ3) is 22.9. The zero-order chi connectivity index (χ0) is 63.9.